The number of halogens is 1. The first-order valence-electron chi connectivity index (χ1n) is 7.70. The number of pyridine rings is 1. The van der Waals surface area contributed by atoms with Gasteiger partial charge in [0.05, 0.1) is 16.3 Å². The highest BCUT2D eigenvalue weighted by Gasteiger charge is 2.04. The molecule has 0 spiro atoms. The third-order valence-corrected chi connectivity index (χ3v) is 4.71. The summed E-state index contributed by atoms with van der Waals surface area (Å²) in [6, 6.07) is 19.6. The molecule has 1 N–H and O–H groups in total. The Balaban J connectivity index is 1.46. The van der Waals surface area contributed by atoms with Crippen LogP contribution in [0.5, 0.6) is 0 Å². The van der Waals surface area contributed by atoms with Gasteiger partial charge in [-0.15, -0.1) is 0 Å². The molecule has 0 aliphatic heterocycles. The number of hydrogen-bond acceptors (Lipinski definition) is 3. The molecule has 24 heavy (non-hydrogen) atoms. The maximum atomic E-state index is 12.0. The molecule has 0 fully saturated rings. The van der Waals surface area contributed by atoms with Crippen LogP contribution in [0.4, 0.5) is 0 Å². The molecule has 0 atom stereocenters. The van der Waals surface area contributed by atoms with Crippen LogP contribution in [0.25, 0.3) is 10.9 Å². The minimum atomic E-state index is 0.0111. The number of aromatic nitrogens is 1. The van der Waals surface area contributed by atoms with E-state index in [1.54, 1.807) is 0 Å². The summed E-state index contributed by atoms with van der Waals surface area (Å²) in [5, 5.41) is 5.61. The fourth-order valence-electron chi connectivity index (χ4n) is 2.36. The molecule has 1 heterocycles. The van der Waals surface area contributed by atoms with Gasteiger partial charge in [0.2, 0.25) is 5.91 Å². The highest BCUT2D eigenvalue weighted by atomic mass is 35.5. The van der Waals surface area contributed by atoms with E-state index in [1.165, 1.54) is 11.8 Å². The normalized spacial score (nSPS) is 10.7. The van der Waals surface area contributed by atoms with Crippen LogP contribution in [0.2, 0.25) is 5.02 Å². The lowest BCUT2D eigenvalue weighted by atomic mass is 10.1. The van der Waals surface area contributed by atoms with Crippen molar-refractivity contribution in [3.8, 4) is 0 Å². The third-order valence-electron chi connectivity index (χ3n) is 3.55. The highest BCUT2D eigenvalue weighted by molar-refractivity contribution is 7.99. The molecule has 2 aromatic carbocycles. The first kappa shape index (κ1) is 16.8. The van der Waals surface area contributed by atoms with Gasteiger partial charge in [-0.3, -0.25) is 4.79 Å². The number of benzene rings is 2. The lowest BCUT2D eigenvalue weighted by molar-refractivity contribution is -0.118. The van der Waals surface area contributed by atoms with E-state index in [0.29, 0.717) is 12.3 Å². The number of para-hydroxylation sites is 1. The van der Waals surface area contributed by atoms with Crippen LogP contribution in [0.1, 0.15) is 5.56 Å². The van der Waals surface area contributed by atoms with Crippen LogP contribution >= 0.6 is 23.4 Å². The maximum Gasteiger partial charge on any atom is 0.230 e. The van der Waals surface area contributed by atoms with E-state index in [-0.39, 0.29) is 5.91 Å². The molecule has 1 aromatic heterocycles. The summed E-state index contributed by atoms with van der Waals surface area (Å²) < 4.78 is 0. The topological polar surface area (TPSA) is 42.0 Å². The Kier molecular flexibility index (Phi) is 5.72. The Hall–Kier alpha value is -2.04. The van der Waals surface area contributed by atoms with Crippen molar-refractivity contribution in [3.63, 3.8) is 0 Å². The summed E-state index contributed by atoms with van der Waals surface area (Å²) in [7, 11) is 0. The van der Waals surface area contributed by atoms with E-state index in [1.807, 2.05) is 60.7 Å². The van der Waals surface area contributed by atoms with Crippen molar-refractivity contribution >= 4 is 40.2 Å². The van der Waals surface area contributed by atoms with E-state index >= 15 is 0 Å². The van der Waals surface area contributed by atoms with E-state index in [4.69, 9.17) is 11.6 Å². The molecule has 1 amide bonds. The van der Waals surface area contributed by atoms with Gasteiger partial charge in [-0.1, -0.05) is 59.8 Å². The molecule has 0 aliphatic rings. The minimum absolute atomic E-state index is 0.0111. The number of fused-ring (bicyclic) bond motifs is 1. The van der Waals surface area contributed by atoms with Crippen molar-refractivity contribution in [1.29, 1.82) is 0 Å². The Bertz CT molecular complexity index is 853. The molecule has 5 heteroatoms. The summed E-state index contributed by atoms with van der Waals surface area (Å²) in [6.07, 6.45) is 0.769. The number of nitrogens with one attached hydrogen (secondary N) is 1. The summed E-state index contributed by atoms with van der Waals surface area (Å²) in [5.41, 5.74) is 2.07. The quantitative estimate of drug-likeness (QED) is 0.668. The molecule has 0 saturated heterocycles. The van der Waals surface area contributed by atoms with Gasteiger partial charge < -0.3 is 5.32 Å². The predicted octanol–water partition coefficient (Wildman–Crippen LogP) is 4.34. The summed E-state index contributed by atoms with van der Waals surface area (Å²) in [5.74, 6) is 0.373. The van der Waals surface area contributed by atoms with Crippen LogP contribution in [0.15, 0.2) is 65.7 Å². The average molecular weight is 357 g/mol. The lowest BCUT2D eigenvalue weighted by Crippen LogP contribution is -2.27. The number of nitrogens with zero attached hydrogens (tertiary/aromatic N) is 1. The molecule has 0 radical (unpaired) electrons. The molecule has 0 unspecified atom stereocenters. The first-order chi connectivity index (χ1) is 11.7. The van der Waals surface area contributed by atoms with E-state index < -0.39 is 0 Å². The number of carbonyl (C=O) groups is 1. The largest absolute Gasteiger partial charge is 0.355 e. The Morgan fingerprint density at radius 2 is 1.96 bits per heavy atom. The van der Waals surface area contributed by atoms with Crippen molar-refractivity contribution in [3.05, 3.63) is 71.2 Å². The average Bonchev–Trinajstić information content (AvgIpc) is 2.60. The predicted molar refractivity (Wildman–Crippen MR) is 101 cm³/mol. The van der Waals surface area contributed by atoms with Crippen molar-refractivity contribution in [2.24, 2.45) is 0 Å². The van der Waals surface area contributed by atoms with Gasteiger partial charge in [0, 0.05) is 17.0 Å². The molecule has 3 rings (SSSR count). The number of rotatable bonds is 6. The molecule has 122 valence electrons. The zero-order valence-corrected chi connectivity index (χ0v) is 14.6. The van der Waals surface area contributed by atoms with Gasteiger partial charge in [-0.2, -0.15) is 0 Å². The first-order valence-corrected chi connectivity index (χ1v) is 9.07. The van der Waals surface area contributed by atoms with E-state index in [2.05, 4.69) is 10.3 Å². The van der Waals surface area contributed by atoms with Crippen LogP contribution in [0, 0.1) is 0 Å². The van der Waals surface area contributed by atoms with Crippen molar-refractivity contribution in [2.75, 3.05) is 12.3 Å². The zero-order chi connectivity index (χ0) is 16.8. The number of hydrogen-bond donors (Lipinski definition) is 1. The maximum absolute atomic E-state index is 12.0. The van der Waals surface area contributed by atoms with Gasteiger partial charge in [0.1, 0.15) is 0 Å². The molecule has 0 bridgehead atoms. The molecular weight excluding hydrogens is 340 g/mol. The van der Waals surface area contributed by atoms with Crippen LogP contribution in [-0.4, -0.2) is 23.2 Å². The molecule has 3 nitrogen and oxygen atoms in total. The second-order valence-corrected chi connectivity index (χ2v) is 6.79. The fourth-order valence-corrected chi connectivity index (χ4v) is 3.28. The van der Waals surface area contributed by atoms with Crippen LogP contribution < -0.4 is 5.32 Å². The smallest absolute Gasteiger partial charge is 0.230 e. The van der Waals surface area contributed by atoms with Crippen molar-refractivity contribution in [1.82, 2.24) is 10.3 Å². The van der Waals surface area contributed by atoms with Gasteiger partial charge in [-0.05, 0) is 36.2 Å². The second kappa shape index (κ2) is 8.18. The summed E-state index contributed by atoms with van der Waals surface area (Å²) in [6.45, 7) is 0.602. The van der Waals surface area contributed by atoms with E-state index in [0.717, 1.165) is 32.9 Å². The van der Waals surface area contributed by atoms with Crippen LogP contribution in [0.3, 0.4) is 0 Å². The SMILES string of the molecule is O=C(CSc1ccc2ccccc2n1)NCCc1cccc(Cl)c1. The molecule has 0 aliphatic carbocycles. The van der Waals surface area contributed by atoms with Gasteiger partial charge in [0.15, 0.2) is 0 Å². The molecular formula is C19H17ClN2OS. The standard InChI is InChI=1S/C19H17ClN2OS/c20-16-6-3-4-14(12-16)10-11-21-18(23)13-24-19-9-8-15-5-1-2-7-17(15)22-19/h1-9,12H,10-11,13H2,(H,21,23). The Labute approximate surface area is 150 Å². The van der Waals surface area contributed by atoms with Gasteiger partial charge in [0.25, 0.3) is 0 Å². The van der Waals surface area contributed by atoms with Crippen molar-refractivity contribution < 1.29 is 4.79 Å². The second-order valence-electron chi connectivity index (χ2n) is 5.36. The monoisotopic (exact) mass is 356 g/mol. The fraction of sp³-hybridized carbons (Fsp3) is 0.158. The molecule has 3 aromatic rings. The van der Waals surface area contributed by atoms with Crippen molar-refractivity contribution in [2.45, 2.75) is 11.4 Å². The number of carbonyl (C=O) groups excluding carboxylic acids is 1. The summed E-state index contributed by atoms with van der Waals surface area (Å²) in [4.78, 5) is 16.5. The third kappa shape index (κ3) is 4.73. The van der Waals surface area contributed by atoms with Crippen LogP contribution in [-0.2, 0) is 11.2 Å². The van der Waals surface area contributed by atoms with Gasteiger partial charge in [-0.25, -0.2) is 4.98 Å². The minimum Gasteiger partial charge on any atom is -0.355 e. The Morgan fingerprint density at radius 1 is 1.08 bits per heavy atom. The van der Waals surface area contributed by atoms with Gasteiger partial charge >= 0.3 is 0 Å². The lowest BCUT2D eigenvalue weighted by Gasteiger charge is -2.06. The van der Waals surface area contributed by atoms with E-state index in [9.17, 15) is 4.79 Å². The summed E-state index contributed by atoms with van der Waals surface area (Å²) >= 11 is 7.40. The number of amides is 1. The highest BCUT2D eigenvalue weighted by Crippen LogP contribution is 2.19. The molecule has 0 saturated carbocycles. The zero-order valence-electron chi connectivity index (χ0n) is 13.0. The Morgan fingerprint density at radius 3 is 2.83 bits per heavy atom. The number of thioether (sulfide) groups is 1.